The number of para-hydroxylation sites is 8. The summed E-state index contributed by atoms with van der Waals surface area (Å²) >= 11 is 0. The van der Waals surface area contributed by atoms with E-state index in [2.05, 4.69) is 249 Å². The van der Waals surface area contributed by atoms with Crippen molar-refractivity contribution in [3.8, 4) is 33.9 Å². The van der Waals surface area contributed by atoms with Crippen LogP contribution in [0.15, 0.2) is 231 Å². The Morgan fingerprint density at radius 2 is 0.531 bits per heavy atom. The molecule has 298 valence electrons. The summed E-state index contributed by atoms with van der Waals surface area (Å²) in [6.45, 7) is 0. The van der Waals surface area contributed by atoms with Crippen LogP contribution >= 0.6 is 0 Å². The van der Waals surface area contributed by atoms with Crippen LogP contribution in [0.4, 0.5) is 0 Å². The first kappa shape index (κ1) is 35.0. The molecule has 0 aliphatic heterocycles. The van der Waals surface area contributed by atoms with Crippen molar-refractivity contribution in [1.82, 2.24) is 18.3 Å². The summed E-state index contributed by atoms with van der Waals surface area (Å²) in [7, 11) is 0. The molecule has 14 aromatic rings. The Hall–Kier alpha value is -8.60. The molecule has 0 bridgehead atoms. The smallest absolute Gasteiger partial charge is 0.0562 e. The maximum absolute atomic E-state index is 2.47. The number of nitrogens with zero attached hydrogens (tertiary/aromatic N) is 4. The van der Waals surface area contributed by atoms with Crippen molar-refractivity contribution >= 4 is 87.2 Å². The second kappa shape index (κ2) is 13.4. The number of hydrogen-bond acceptors (Lipinski definition) is 0. The van der Waals surface area contributed by atoms with Gasteiger partial charge in [-0.3, -0.25) is 0 Å². The van der Waals surface area contributed by atoms with Gasteiger partial charge in [0.1, 0.15) is 0 Å². The topological polar surface area (TPSA) is 19.7 Å². The van der Waals surface area contributed by atoms with Gasteiger partial charge in [0.05, 0.1) is 55.5 Å². The summed E-state index contributed by atoms with van der Waals surface area (Å²) in [5.74, 6) is 0. The van der Waals surface area contributed by atoms with Gasteiger partial charge in [0.2, 0.25) is 0 Å². The molecule has 10 aromatic carbocycles. The fourth-order valence-corrected chi connectivity index (χ4v) is 10.9. The van der Waals surface area contributed by atoms with Crippen molar-refractivity contribution in [1.29, 1.82) is 0 Å². The zero-order valence-corrected chi connectivity index (χ0v) is 34.7. The van der Waals surface area contributed by atoms with Gasteiger partial charge >= 0.3 is 0 Å². The van der Waals surface area contributed by atoms with E-state index in [-0.39, 0.29) is 0 Å². The third-order valence-electron chi connectivity index (χ3n) is 13.6. The van der Waals surface area contributed by atoms with E-state index in [0.717, 1.165) is 22.7 Å². The standard InChI is InChI=1S/C60H38N4/c1-2-18-39(19-3-1)61-51-27-11-8-25-46(51)49-37-50-47-26-9-12-28-52(47)62(60(50)38-59(49)61)40-34-35-58-48(36-40)45-24-10-17-33-57(45)64(58)56-32-16-7-23-44(56)43-22-6-15-31-55(43)63-53-29-13-4-20-41(53)42-21-5-14-30-54(42)63/h1-38H. The van der Waals surface area contributed by atoms with Crippen LogP contribution < -0.4 is 0 Å². The largest absolute Gasteiger partial charge is 0.309 e. The fourth-order valence-electron chi connectivity index (χ4n) is 10.9. The molecule has 4 nitrogen and oxygen atoms in total. The Bertz CT molecular complexity index is 4140. The second-order valence-electron chi connectivity index (χ2n) is 16.9. The minimum absolute atomic E-state index is 1.13. The van der Waals surface area contributed by atoms with Gasteiger partial charge in [0.15, 0.2) is 0 Å². The predicted octanol–water partition coefficient (Wildman–Crippen LogP) is 15.7. The van der Waals surface area contributed by atoms with Crippen molar-refractivity contribution in [2.75, 3.05) is 0 Å². The van der Waals surface area contributed by atoms with Crippen LogP contribution in [0, 0.1) is 0 Å². The van der Waals surface area contributed by atoms with E-state index in [1.54, 1.807) is 0 Å². The lowest BCUT2D eigenvalue weighted by Crippen LogP contribution is -2.01. The molecule has 0 aliphatic rings. The van der Waals surface area contributed by atoms with Crippen molar-refractivity contribution in [2.24, 2.45) is 0 Å². The lowest BCUT2D eigenvalue weighted by atomic mass is 10.0. The molecule has 14 rings (SSSR count). The monoisotopic (exact) mass is 814 g/mol. The molecule has 0 amide bonds. The highest BCUT2D eigenvalue weighted by Gasteiger charge is 2.22. The Labute approximate surface area is 368 Å². The lowest BCUT2D eigenvalue weighted by Gasteiger charge is -2.18. The third kappa shape index (κ3) is 4.88. The average Bonchev–Trinajstić information content (AvgIpc) is 4.08. The lowest BCUT2D eigenvalue weighted by molar-refractivity contribution is 1.15. The molecule has 0 N–H and O–H groups in total. The summed E-state index contributed by atoms with van der Waals surface area (Å²) in [4.78, 5) is 0. The molecule has 0 atom stereocenters. The van der Waals surface area contributed by atoms with Gasteiger partial charge in [-0.25, -0.2) is 0 Å². The molecule has 4 heteroatoms. The van der Waals surface area contributed by atoms with E-state index < -0.39 is 0 Å². The van der Waals surface area contributed by atoms with Gasteiger partial charge in [0, 0.05) is 65.6 Å². The highest BCUT2D eigenvalue weighted by atomic mass is 15.0. The summed E-state index contributed by atoms with van der Waals surface area (Å²) in [5, 5.41) is 9.95. The molecule has 0 fully saturated rings. The zero-order chi connectivity index (χ0) is 41.9. The zero-order valence-electron chi connectivity index (χ0n) is 34.7. The molecule has 4 aromatic heterocycles. The van der Waals surface area contributed by atoms with Crippen LogP contribution in [0.5, 0.6) is 0 Å². The first-order chi connectivity index (χ1) is 31.8. The van der Waals surface area contributed by atoms with Crippen LogP contribution in [0.3, 0.4) is 0 Å². The molecule has 0 aliphatic carbocycles. The summed E-state index contributed by atoms with van der Waals surface area (Å²) in [5.41, 5.74) is 16.4. The quantitative estimate of drug-likeness (QED) is 0.165. The fraction of sp³-hybridized carbons (Fsp3) is 0. The Kier molecular flexibility index (Phi) is 7.36. The van der Waals surface area contributed by atoms with E-state index in [1.165, 1.54) is 98.4 Å². The Morgan fingerprint density at radius 1 is 0.188 bits per heavy atom. The minimum Gasteiger partial charge on any atom is -0.309 e. The highest BCUT2D eigenvalue weighted by molar-refractivity contribution is 6.20. The summed E-state index contributed by atoms with van der Waals surface area (Å²) < 4.78 is 9.80. The van der Waals surface area contributed by atoms with E-state index in [9.17, 15) is 0 Å². The van der Waals surface area contributed by atoms with E-state index in [4.69, 9.17) is 0 Å². The van der Waals surface area contributed by atoms with Crippen LogP contribution in [-0.4, -0.2) is 18.3 Å². The van der Waals surface area contributed by atoms with E-state index in [0.29, 0.717) is 0 Å². The van der Waals surface area contributed by atoms with E-state index >= 15 is 0 Å². The van der Waals surface area contributed by atoms with Crippen LogP contribution in [0.1, 0.15) is 0 Å². The van der Waals surface area contributed by atoms with Crippen LogP contribution in [0.25, 0.3) is 121 Å². The molecule has 0 saturated heterocycles. The normalized spacial score (nSPS) is 12.1. The number of rotatable bonds is 5. The summed E-state index contributed by atoms with van der Waals surface area (Å²) in [6, 6.07) is 84.5. The number of hydrogen-bond donors (Lipinski definition) is 0. The van der Waals surface area contributed by atoms with E-state index in [1.807, 2.05) is 0 Å². The summed E-state index contributed by atoms with van der Waals surface area (Å²) in [6.07, 6.45) is 0. The Morgan fingerprint density at radius 3 is 1.02 bits per heavy atom. The van der Waals surface area contributed by atoms with Crippen LogP contribution in [-0.2, 0) is 0 Å². The highest BCUT2D eigenvalue weighted by Crippen LogP contribution is 2.43. The van der Waals surface area contributed by atoms with Crippen molar-refractivity contribution < 1.29 is 0 Å². The molecular formula is C60H38N4. The van der Waals surface area contributed by atoms with Gasteiger partial charge in [-0.15, -0.1) is 0 Å². The number of aromatic nitrogens is 4. The van der Waals surface area contributed by atoms with Gasteiger partial charge < -0.3 is 18.3 Å². The first-order valence-electron chi connectivity index (χ1n) is 22.0. The number of fused-ring (bicyclic) bond motifs is 12. The van der Waals surface area contributed by atoms with Crippen molar-refractivity contribution in [3.05, 3.63) is 231 Å². The molecule has 64 heavy (non-hydrogen) atoms. The third-order valence-corrected chi connectivity index (χ3v) is 13.6. The number of benzene rings is 10. The SMILES string of the molecule is c1ccc(-n2c3ccccc3c3cc4c5ccccc5n(-c5ccc6c(c5)c5ccccc5n6-c5ccccc5-c5ccccc5-n5c6ccccc6c6ccccc65)c4cc32)cc1. The first-order valence-corrected chi connectivity index (χ1v) is 22.0. The maximum atomic E-state index is 2.47. The average molecular weight is 815 g/mol. The van der Waals surface area contributed by atoms with Gasteiger partial charge in [0.25, 0.3) is 0 Å². The van der Waals surface area contributed by atoms with Gasteiger partial charge in [-0.2, -0.15) is 0 Å². The molecule has 0 spiro atoms. The maximum Gasteiger partial charge on any atom is 0.0562 e. The van der Waals surface area contributed by atoms with Crippen molar-refractivity contribution in [2.45, 2.75) is 0 Å². The predicted molar refractivity (Wildman–Crippen MR) is 269 cm³/mol. The Balaban J connectivity index is 1.01. The van der Waals surface area contributed by atoms with Crippen LogP contribution in [0.2, 0.25) is 0 Å². The molecule has 0 radical (unpaired) electrons. The molecular weight excluding hydrogens is 777 g/mol. The van der Waals surface area contributed by atoms with Gasteiger partial charge in [-0.1, -0.05) is 146 Å². The molecule has 0 unspecified atom stereocenters. The van der Waals surface area contributed by atoms with Crippen molar-refractivity contribution in [3.63, 3.8) is 0 Å². The van der Waals surface area contributed by atoms with Gasteiger partial charge in [-0.05, 0) is 84.9 Å². The molecule has 0 saturated carbocycles. The minimum atomic E-state index is 1.13. The molecule has 4 heterocycles. The second-order valence-corrected chi connectivity index (χ2v) is 16.9.